The zero-order valence-electron chi connectivity index (χ0n) is 19.4. The molecule has 2 aromatic heterocycles. The van der Waals surface area contributed by atoms with Gasteiger partial charge in [-0.2, -0.15) is 0 Å². The van der Waals surface area contributed by atoms with Crippen molar-refractivity contribution in [2.75, 3.05) is 13.3 Å². The average molecular weight is 443 g/mol. The summed E-state index contributed by atoms with van der Waals surface area (Å²) in [6.45, 7) is 18.3. The minimum absolute atomic E-state index is 0.0435. The minimum atomic E-state index is -1.20. The first-order valence-electron chi connectivity index (χ1n) is 11.0. The van der Waals surface area contributed by atoms with E-state index >= 15 is 0 Å². The highest BCUT2D eigenvalue weighted by molar-refractivity contribution is 7.44. The molecule has 2 aromatic rings. The SMILES string of the molecule is [C-]#[N+]COP(OCCCCCc1ccnc(-c2cc(C)ccn2)c1)N(C(C)C)C(C)C. The zero-order chi connectivity index (χ0) is 22.6. The number of aromatic nitrogens is 2. The van der Waals surface area contributed by atoms with E-state index in [0.29, 0.717) is 18.7 Å². The Morgan fingerprint density at radius 1 is 0.968 bits per heavy atom. The lowest BCUT2D eigenvalue weighted by Crippen LogP contribution is -2.33. The second kappa shape index (κ2) is 13.5. The van der Waals surface area contributed by atoms with Gasteiger partial charge in [0.25, 0.3) is 8.53 Å². The molecule has 1 atom stereocenters. The maximum atomic E-state index is 7.01. The van der Waals surface area contributed by atoms with E-state index in [4.69, 9.17) is 15.6 Å². The first kappa shape index (κ1) is 25.4. The maximum absolute atomic E-state index is 7.01. The summed E-state index contributed by atoms with van der Waals surface area (Å²) in [6.07, 6.45) is 7.85. The van der Waals surface area contributed by atoms with Crippen molar-refractivity contribution < 1.29 is 9.05 Å². The molecule has 0 bridgehead atoms. The van der Waals surface area contributed by atoms with E-state index in [-0.39, 0.29) is 6.73 Å². The van der Waals surface area contributed by atoms with Crippen LogP contribution in [0.2, 0.25) is 0 Å². The quantitative estimate of drug-likeness (QED) is 0.203. The molecule has 0 amide bonds. The van der Waals surface area contributed by atoms with Crippen LogP contribution in [0.4, 0.5) is 0 Å². The number of aryl methyl sites for hydroxylation is 2. The average Bonchev–Trinajstić information content (AvgIpc) is 2.73. The van der Waals surface area contributed by atoms with E-state index in [1.165, 1.54) is 11.1 Å². The van der Waals surface area contributed by atoms with Crippen LogP contribution in [0.1, 0.15) is 58.1 Å². The summed E-state index contributed by atoms with van der Waals surface area (Å²) >= 11 is 0. The molecule has 2 rings (SSSR count). The van der Waals surface area contributed by atoms with Crippen LogP contribution in [0.3, 0.4) is 0 Å². The number of rotatable bonds is 13. The fraction of sp³-hybridized carbons (Fsp3) is 0.542. The van der Waals surface area contributed by atoms with Gasteiger partial charge in [-0.05, 0) is 89.3 Å². The Labute approximate surface area is 188 Å². The van der Waals surface area contributed by atoms with Crippen molar-refractivity contribution >= 4 is 8.53 Å². The largest absolute Gasteiger partial charge is 0.324 e. The fourth-order valence-corrected chi connectivity index (χ4v) is 4.96. The Hall–Kier alpha value is -1.90. The number of hydrogen-bond acceptors (Lipinski definition) is 5. The number of hydrogen-bond donors (Lipinski definition) is 0. The lowest BCUT2D eigenvalue weighted by Gasteiger charge is -2.34. The van der Waals surface area contributed by atoms with Crippen LogP contribution in [0.5, 0.6) is 0 Å². The van der Waals surface area contributed by atoms with Gasteiger partial charge >= 0.3 is 6.73 Å². The van der Waals surface area contributed by atoms with Gasteiger partial charge in [0.2, 0.25) is 0 Å². The lowest BCUT2D eigenvalue weighted by molar-refractivity contribution is 0.181. The van der Waals surface area contributed by atoms with Gasteiger partial charge in [0.15, 0.2) is 0 Å². The first-order chi connectivity index (χ1) is 14.9. The van der Waals surface area contributed by atoms with Gasteiger partial charge in [0.1, 0.15) is 0 Å². The molecular formula is C24H35N4O2P. The zero-order valence-corrected chi connectivity index (χ0v) is 20.3. The summed E-state index contributed by atoms with van der Waals surface area (Å²) in [7, 11) is -1.20. The molecular weight excluding hydrogens is 407 g/mol. The van der Waals surface area contributed by atoms with Gasteiger partial charge in [-0.1, -0.05) is 6.42 Å². The smallest absolute Gasteiger partial charge is 0.322 e. The maximum Gasteiger partial charge on any atom is 0.324 e. The van der Waals surface area contributed by atoms with E-state index < -0.39 is 8.53 Å². The molecule has 1 unspecified atom stereocenters. The van der Waals surface area contributed by atoms with Crippen molar-refractivity contribution in [3.8, 4) is 11.4 Å². The third kappa shape index (κ3) is 8.63. The molecule has 0 aliphatic heterocycles. The predicted molar refractivity (Wildman–Crippen MR) is 127 cm³/mol. The minimum Gasteiger partial charge on any atom is -0.322 e. The summed E-state index contributed by atoms with van der Waals surface area (Å²) in [5.74, 6) is 0. The van der Waals surface area contributed by atoms with Gasteiger partial charge in [-0.3, -0.25) is 14.8 Å². The number of pyridine rings is 2. The van der Waals surface area contributed by atoms with Crippen LogP contribution < -0.4 is 0 Å². The molecule has 0 N–H and O–H groups in total. The highest BCUT2D eigenvalue weighted by Gasteiger charge is 2.27. The highest BCUT2D eigenvalue weighted by Crippen LogP contribution is 2.46. The van der Waals surface area contributed by atoms with Crippen LogP contribution in [-0.2, 0) is 15.5 Å². The second-order valence-electron chi connectivity index (χ2n) is 8.13. The third-order valence-electron chi connectivity index (χ3n) is 4.79. The predicted octanol–water partition coefficient (Wildman–Crippen LogP) is 6.42. The Morgan fingerprint density at radius 3 is 2.29 bits per heavy atom. The van der Waals surface area contributed by atoms with Gasteiger partial charge in [0.05, 0.1) is 18.0 Å². The van der Waals surface area contributed by atoms with Gasteiger partial charge in [-0.25, -0.2) is 15.8 Å². The molecule has 0 saturated carbocycles. The third-order valence-corrected chi connectivity index (χ3v) is 6.83. The van der Waals surface area contributed by atoms with E-state index in [1.54, 1.807) is 0 Å². The molecule has 7 heteroatoms. The normalized spacial score (nSPS) is 12.5. The van der Waals surface area contributed by atoms with Crippen molar-refractivity contribution in [3.05, 3.63) is 59.2 Å². The Morgan fingerprint density at radius 2 is 1.65 bits per heavy atom. The van der Waals surface area contributed by atoms with Gasteiger partial charge < -0.3 is 4.52 Å². The van der Waals surface area contributed by atoms with E-state index in [0.717, 1.165) is 37.1 Å². The highest BCUT2D eigenvalue weighted by atomic mass is 31.2. The molecule has 0 fully saturated rings. The topological polar surface area (TPSA) is 51.8 Å². The molecule has 168 valence electrons. The summed E-state index contributed by atoms with van der Waals surface area (Å²) in [5.41, 5.74) is 4.31. The number of nitrogens with zero attached hydrogens (tertiary/aromatic N) is 4. The van der Waals surface area contributed by atoms with Crippen LogP contribution in [0.25, 0.3) is 16.2 Å². The van der Waals surface area contributed by atoms with E-state index in [1.807, 2.05) is 18.5 Å². The van der Waals surface area contributed by atoms with Gasteiger partial charge in [0, 0.05) is 24.5 Å². The van der Waals surface area contributed by atoms with Crippen LogP contribution in [0, 0.1) is 13.5 Å². The van der Waals surface area contributed by atoms with Crippen LogP contribution in [-0.4, -0.2) is 40.1 Å². The summed E-state index contributed by atoms with van der Waals surface area (Å²) in [5, 5.41) is 0. The first-order valence-corrected chi connectivity index (χ1v) is 12.1. The molecule has 0 radical (unpaired) electrons. The van der Waals surface area contributed by atoms with Crippen molar-refractivity contribution in [1.29, 1.82) is 0 Å². The standard InChI is InChI=1S/C24H35N4O2P/c1-19(2)28(20(3)4)31(30-18-25-6)29-15-9-7-8-10-22-12-14-27-24(17-22)23-16-21(5)11-13-26-23/h11-14,16-17,19-20H,7-10,15,18H2,1-5H3. The molecule has 0 spiro atoms. The van der Waals surface area contributed by atoms with Gasteiger partial charge in [-0.15, -0.1) is 0 Å². The van der Waals surface area contributed by atoms with Crippen molar-refractivity contribution in [3.63, 3.8) is 0 Å². The Balaban J connectivity index is 1.79. The summed E-state index contributed by atoms with van der Waals surface area (Å²) < 4.78 is 14.0. The molecule has 0 aliphatic carbocycles. The fourth-order valence-electron chi connectivity index (χ4n) is 3.42. The lowest BCUT2D eigenvalue weighted by atomic mass is 10.1. The Bertz CT molecular complexity index is 830. The molecule has 2 heterocycles. The second-order valence-corrected chi connectivity index (χ2v) is 9.59. The van der Waals surface area contributed by atoms with Crippen molar-refractivity contribution in [2.45, 2.75) is 72.4 Å². The molecule has 0 aromatic carbocycles. The molecule has 0 saturated heterocycles. The Kier molecular flexibility index (Phi) is 11.0. The summed E-state index contributed by atoms with van der Waals surface area (Å²) in [6, 6.07) is 8.89. The molecule has 6 nitrogen and oxygen atoms in total. The molecule has 31 heavy (non-hydrogen) atoms. The van der Waals surface area contributed by atoms with Crippen LogP contribution >= 0.6 is 8.53 Å². The van der Waals surface area contributed by atoms with Crippen molar-refractivity contribution in [1.82, 2.24) is 14.6 Å². The van der Waals surface area contributed by atoms with Crippen molar-refractivity contribution in [2.24, 2.45) is 0 Å². The van der Waals surface area contributed by atoms with E-state index in [2.05, 4.69) is 72.3 Å². The molecule has 0 aliphatic rings. The van der Waals surface area contributed by atoms with Crippen LogP contribution in [0.15, 0.2) is 36.7 Å². The monoisotopic (exact) mass is 442 g/mol. The number of unbranched alkanes of at least 4 members (excludes halogenated alkanes) is 2. The van der Waals surface area contributed by atoms with E-state index in [9.17, 15) is 0 Å². The summed E-state index contributed by atoms with van der Waals surface area (Å²) in [4.78, 5) is 12.2.